The number of aromatic nitrogens is 2. The van der Waals surface area contributed by atoms with Gasteiger partial charge in [-0.15, -0.1) is 0 Å². The van der Waals surface area contributed by atoms with Crippen LogP contribution in [-0.4, -0.2) is 59.5 Å². The SMILES string of the molecule is CN(C)C(=O)c1cc([C@H]2CN(Cc3cccc4cccnc34)CCO2)nc2ccccc12. The Morgan fingerprint density at radius 1 is 1.12 bits per heavy atom. The highest BCUT2D eigenvalue weighted by atomic mass is 16.5. The number of rotatable bonds is 4. The van der Waals surface area contributed by atoms with Gasteiger partial charge in [0.25, 0.3) is 5.91 Å². The molecule has 2 aromatic heterocycles. The van der Waals surface area contributed by atoms with Crippen LogP contribution in [0.15, 0.2) is 66.9 Å². The Bertz CT molecular complexity index is 1280. The summed E-state index contributed by atoms with van der Waals surface area (Å²) in [6.45, 7) is 2.97. The number of para-hydroxylation sites is 2. The van der Waals surface area contributed by atoms with E-state index >= 15 is 0 Å². The van der Waals surface area contributed by atoms with E-state index in [1.165, 1.54) is 5.56 Å². The van der Waals surface area contributed by atoms with Crippen LogP contribution in [0.5, 0.6) is 0 Å². The Morgan fingerprint density at radius 2 is 1.97 bits per heavy atom. The molecule has 0 saturated carbocycles. The highest BCUT2D eigenvalue weighted by Gasteiger charge is 2.26. The molecule has 1 aliphatic heterocycles. The van der Waals surface area contributed by atoms with Gasteiger partial charge >= 0.3 is 0 Å². The van der Waals surface area contributed by atoms with Crippen LogP contribution in [0.3, 0.4) is 0 Å². The molecular weight excluding hydrogens is 400 g/mol. The van der Waals surface area contributed by atoms with E-state index in [-0.39, 0.29) is 12.0 Å². The number of benzene rings is 2. The monoisotopic (exact) mass is 426 g/mol. The van der Waals surface area contributed by atoms with Gasteiger partial charge in [0.15, 0.2) is 0 Å². The Morgan fingerprint density at radius 3 is 2.84 bits per heavy atom. The van der Waals surface area contributed by atoms with Crippen molar-refractivity contribution in [2.45, 2.75) is 12.6 Å². The molecule has 0 N–H and O–H groups in total. The van der Waals surface area contributed by atoms with Crippen LogP contribution < -0.4 is 0 Å². The summed E-state index contributed by atoms with van der Waals surface area (Å²) >= 11 is 0. The van der Waals surface area contributed by atoms with E-state index in [0.29, 0.717) is 18.7 Å². The molecule has 4 aromatic rings. The van der Waals surface area contributed by atoms with Crippen LogP contribution in [0.4, 0.5) is 0 Å². The fourth-order valence-electron chi connectivity index (χ4n) is 4.34. The van der Waals surface area contributed by atoms with Gasteiger partial charge in [0, 0.05) is 50.7 Å². The number of hydrogen-bond donors (Lipinski definition) is 0. The zero-order valence-corrected chi connectivity index (χ0v) is 18.4. The van der Waals surface area contributed by atoms with Gasteiger partial charge in [0.05, 0.1) is 28.9 Å². The van der Waals surface area contributed by atoms with Crippen LogP contribution in [0.25, 0.3) is 21.8 Å². The zero-order chi connectivity index (χ0) is 22.1. The summed E-state index contributed by atoms with van der Waals surface area (Å²) in [6, 6.07) is 20.1. The lowest BCUT2D eigenvalue weighted by Gasteiger charge is -2.33. The normalized spacial score (nSPS) is 17.0. The number of carbonyl (C=O) groups excluding carboxylic acids is 1. The minimum atomic E-state index is -0.190. The molecule has 5 rings (SSSR count). The first-order valence-corrected chi connectivity index (χ1v) is 10.9. The standard InChI is InChI=1S/C26H26N4O2/c1-29(2)26(31)21-15-23(28-22-11-4-3-10-20(21)22)24-17-30(13-14-32-24)16-19-8-5-7-18-9-6-12-27-25(18)19/h3-12,15,24H,13-14,16-17H2,1-2H3/t24-/m1/s1. The topological polar surface area (TPSA) is 58.6 Å². The lowest BCUT2D eigenvalue weighted by Crippen LogP contribution is -2.38. The average molecular weight is 427 g/mol. The van der Waals surface area contributed by atoms with Gasteiger partial charge in [-0.05, 0) is 23.8 Å². The van der Waals surface area contributed by atoms with Gasteiger partial charge in [-0.2, -0.15) is 0 Å². The van der Waals surface area contributed by atoms with Crippen LogP contribution in [0, 0.1) is 0 Å². The van der Waals surface area contributed by atoms with Crippen molar-refractivity contribution in [3.8, 4) is 0 Å². The quantitative estimate of drug-likeness (QED) is 0.493. The third kappa shape index (κ3) is 3.95. The van der Waals surface area contributed by atoms with Crippen LogP contribution >= 0.6 is 0 Å². The molecule has 1 amide bonds. The van der Waals surface area contributed by atoms with Gasteiger partial charge in [-0.3, -0.25) is 14.7 Å². The molecule has 3 heterocycles. The molecule has 1 fully saturated rings. The second kappa shape index (κ2) is 8.65. The second-order valence-corrected chi connectivity index (χ2v) is 8.40. The van der Waals surface area contributed by atoms with Crippen molar-refractivity contribution in [3.63, 3.8) is 0 Å². The van der Waals surface area contributed by atoms with E-state index in [0.717, 1.165) is 40.6 Å². The summed E-state index contributed by atoms with van der Waals surface area (Å²) in [5, 5.41) is 2.02. The number of hydrogen-bond acceptors (Lipinski definition) is 5. The molecular formula is C26H26N4O2. The van der Waals surface area contributed by atoms with E-state index in [9.17, 15) is 4.79 Å². The Hall–Kier alpha value is -3.35. The molecule has 0 aliphatic carbocycles. The Balaban J connectivity index is 1.45. The molecule has 1 atom stereocenters. The maximum absolute atomic E-state index is 12.9. The molecule has 0 unspecified atom stereocenters. The van der Waals surface area contributed by atoms with Gasteiger partial charge < -0.3 is 9.64 Å². The highest BCUT2D eigenvalue weighted by molar-refractivity contribution is 6.06. The molecule has 0 spiro atoms. The van der Waals surface area contributed by atoms with Crippen LogP contribution in [0.2, 0.25) is 0 Å². The average Bonchev–Trinajstić information content (AvgIpc) is 2.83. The predicted octanol–water partition coefficient (Wildman–Crippen LogP) is 4.06. The minimum absolute atomic E-state index is 0.0284. The second-order valence-electron chi connectivity index (χ2n) is 8.40. The van der Waals surface area contributed by atoms with Gasteiger partial charge in [-0.25, -0.2) is 4.98 Å². The summed E-state index contributed by atoms with van der Waals surface area (Å²) in [6.07, 6.45) is 1.65. The smallest absolute Gasteiger partial charge is 0.254 e. The summed E-state index contributed by atoms with van der Waals surface area (Å²) < 4.78 is 6.12. The molecule has 162 valence electrons. The lowest BCUT2D eigenvalue weighted by molar-refractivity contribution is -0.0347. The fourth-order valence-corrected chi connectivity index (χ4v) is 4.34. The lowest BCUT2D eigenvalue weighted by atomic mass is 10.0. The molecule has 32 heavy (non-hydrogen) atoms. The number of nitrogens with zero attached hydrogens (tertiary/aromatic N) is 4. The fraction of sp³-hybridized carbons (Fsp3) is 0.269. The summed E-state index contributed by atoms with van der Waals surface area (Å²) in [7, 11) is 3.54. The first-order valence-electron chi connectivity index (χ1n) is 10.9. The molecule has 6 heteroatoms. The number of amides is 1. The number of fused-ring (bicyclic) bond motifs is 2. The van der Waals surface area contributed by atoms with E-state index in [2.05, 4.69) is 34.1 Å². The van der Waals surface area contributed by atoms with Crippen LogP contribution in [-0.2, 0) is 11.3 Å². The molecule has 0 radical (unpaired) electrons. The predicted molar refractivity (Wildman–Crippen MR) is 125 cm³/mol. The maximum atomic E-state index is 12.9. The number of carbonyl (C=O) groups is 1. The molecule has 1 aliphatic rings. The van der Waals surface area contributed by atoms with Crippen molar-refractivity contribution in [1.82, 2.24) is 19.8 Å². The van der Waals surface area contributed by atoms with E-state index < -0.39 is 0 Å². The molecule has 1 saturated heterocycles. The van der Waals surface area contributed by atoms with E-state index in [4.69, 9.17) is 9.72 Å². The third-order valence-electron chi connectivity index (χ3n) is 5.96. The molecule has 0 bridgehead atoms. The highest BCUT2D eigenvalue weighted by Crippen LogP contribution is 2.28. The molecule has 6 nitrogen and oxygen atoms in total. The van der Waals surface area contributed by atoms with Crippen molar-refractivity contribution in [2.75, 3.05) is 33.8 Å². The summed E-state index contributed by atoms with van der Waals surface area (Å²) in [5.74, 6) is -0.0284. The molecule has 2 aromatic carbocycles. The van der Waals surface area contributed by atoms with Gasteiger partial charge in [0.1, 0.15) is 6.10 Å². The van der Waals surface area contributed by atoms with Crippen molar-refractivity contribution < 1.29 is 9.53 Å². The van der Waals surface area contributed by atoms with Crippen molar-refractivity contribution in [2.24, 2.45) is 0 Å². The largest absolute Gasteiger partial charge is 0.369 e. The van der Waals surface area contributed by atoms with Crippen LogP contribution in [0.1, 0.15) is 27.7 Å². The maximum Gasteiger partial charge on any atom is 0.254 e. The Kier molecular flexibility index (Phi) is 5.55. The van der Waals surface area contributed by atoms with Gasteiger partial charge in [-0.1, -0.05) is 42.5 Å². The Labute approximate surface area is 187 Å². The van der Waals surface area contributed by atoms with E-state index in [1.807, 2.05) is 42.6 Å². The van der Waals surface area contributed by atoms with Crippen molar-refractivity contribution >= 4 is 27.7 Å². The van der Waals surface area contributed by atoms with Crippen molar-refractivity contribution in [3.05, 3.63) is 83.7 Å². The first kappa shape index (κ1) is 20.5. The zero-order valence-electron chi connectivity index (χ0n) is 18.4. The summed E-state index contributed by atoms with van der Waals surface area (Å²) in [5.41, 5.74) is 4.53. The minimum Gasteiger partial charge on any atom is -0.369 e. The number of pyridine rings is 2. The van der Waals surface area contributed by atoms with Crippen molar-refractivity contribution in [1.29, 1.82) is 0 Å². The third-order valence-corrected chi connectivity index (χ3v) is 5.96. The summed E-state index contributed by atoms with van der Waals surface area (Å²) in [4.78, 5) is 26.3. The first-order chi connectivity index (χ1) is 15.6. The van der Waals surface area contributed by atoms with Gasteiger partial charge in [0.2, 0.25) is 0 Å². The van der Waals surface area contributed by atoms with E-state index in [1.54, 1.807) is 19.0 Å². The number of ether oxygens (including phenoxy) is 1. The number of morpholine rings is 1.